The van der Waals surface area contributed by atoms with Gasteiger partial charge in [0.25, 0.3) is 10.0 Å². The minimum Gasteiger partial charge on any atom is -0.858 e. The molecule has 0 fully saturated rings. The molecule has 0 aliphatic carbocycles. The number of para-hydroxylation sites is 1. The lowest BCUT2D eigenvalue weighted by molar-refractivity contribution is -0.212. The second kappa shape index (κ2) is 9.00. The second-order valence-corrected chi connectivity index (χ2v) is 7.86. The van der Waals surface area contributed by atoms with Gasteiger partial charge in [-0.1, -0.05) is 18.2 Å². The van der Waals surface area contributed by atoms with E-state index >= 15 is 0 Å². The van der Waals surface area contributed by atoms with E-state index in [9.17, 15) is 22.3 Å². The maximum absolute atomic E-state index is 13.5. The van der Waals surface area contributed by atoms with E-state index in [-0.39, 0.29) is 22.7 Å². The first-order chi connectivity index (χ1) is 14.7. The van der Waals surface area contributed by atoms with Crippen molar-refractivity contribution in [1.82, 2.24) is 0 Å². The number of methoxy groups -OCH3 is 2. The summed E-state index contributed by atoms with van der Waals surface area (Å²) in [4.78, 5) is 3.50. The van der Waals surface area contributed by atoms with E-state index in [4.69, 9.17) is 9.47 Å². The van der Waals surface area contributed by atoms with Crippen LogP contribution in [0.1, 0.15) is 5.56 Å². The van der Waals surface area contributed by atoms with E-state index in [1.54, 1.807) is 12.1 Å². The summed E-state index contributed by atoms with van der Waals surface area (Å²) in [5.41, 5.74) is 0.0894. The molecule has 0 saturated carbocycles. The molecule has 0 aromatic heterocycles. The van der Waals surface area contributed by atoms with Crippen LogP contribution in [0.2, 0.25) is 0 Å². The molecule has 0 aliphatic rings. The van der Waals surface area contributed by atoms with Crippen LogP contribution in [0, 0.1) is 11.6 Å². The number of benzene rings is 3. The van der Waals surface area contributed by atoms with E-state index in [1.165, 1.54) is 44.6 Å². The Balaban J connectivity index is 1.98. The van der Waals surface area contributed by atoms with Gasteiger partial charge < -0.3 is 14.6 Å². The van der Waals surface area contributed by atoms with Crippen LogP contribution in [0.25, 0.3) is 0 Å². The van der Waals surface area contributed by atoms with Gasteiger partial charge in [0.05, 0.1) is 24.8 Å². The van der Waals surface area contributed by atoms with Gasteiger partial charge in [-0.05, 0) is 42.3 Å². The summed E-state index contributed by atoms with van der Waals surface area (Å²) in [6.07, 6.45) is 0. The summed E-state index contributed by atoms with van der Waals surface area (Å²) in [6.45, 7) is 0. The molecule has 0 amide bonds. The number of halogens is 2. The highest BCUT2D eigenvalue weighted by Crippen LogP contribution is 2.32. The van der Waals surface area contributed by atoms with Gasteiger partial charge in [-0.3, -0.25) is 9.71 Å². The third-order valence-electron chi connectivity index (χ3n) is 4.21. The first-order valence-corrected chi connectivity index (χ1v) is 10.3. The number of hydrogen-bond donors (Lipinski definition) is 1. The molecule has 31 heavy (non-hydrogen) atoms. The van der Waals surface area contributed by atoms with E-state index in [1.807, 2.05) is 0 Å². The molecule has 162 valence electrons. The number of anilines is 1. The van der Waals surface area contributed by atoms with Crippen molar-refractivity contribution in [2.45, 2.75) is 4.90 Å². The Morgan fingerprint density at radius 2 is 1.71 bits per heavy atom. The highest BCUT2D eigenvalue weighted by atomic mass is 32.2. The predicted octanol–water partition coefficient (Wildman–Crippen LogP) is 3.22. The lowest BCUT2D eigenvalue weighted by Crippen LogP contribution is -2.22. The molecule has 7 nitrogen and oxygen atoms in total. The third kappa shape index (κ3) is 4.92. The summed E-state index contributed by atoms with van der Waals surface area (Å²) < 4.78 is 64.3. The molecule has 0 bridgehead atoms. The Kier molecular flexibility index (Phi) is 6.40. The molecule has 10 heteroatoms. The maximum Gasteiger partial charge on any atom is 0.262 e. The first kappa shape index (κ1) is 22.0. The fourth-order valence-corrected chi connectivity index (χ4v) is 3.74. The summed E-state index contributed by atoms with van der Waals surface area (Å²) in [7, 11) is -1.41. The van der Waals surface area contributed by atoms with Crippen LogP contribution in [0.4, 0.5) is 20.2 Å². The van der Waals surface area contributed by atoms with Crippen LogP contribution in [-0.2, 0) is 10.0 Å². The SMILES string of the molecule is COc1ccc(N=C([O-])c2ccccc2NS(=O)(=O)c2ccc(F)c(F)c2)c(OC)c1. The number of nitrogens with one attached hydrogen (secondary N) is 1. The zero-order valence-corrected chi connectivity index (χ0v) is 17.2. The van der Waals surface area contributed by atoms with Gasteiger partial charge in [0.15, 0.2) is 11.6 Å². The van der Waals surface area contributed by atoms with Crippen LogP contribution in [0.3, 0.4) is 0 Å². The molecule has 3 aromatic rings. The van der Waals surface area contributed by atoms with Gasteiger partial charge in [-0.25, -0.2) is 17.2 Å². The topological polar surface area (TPSA) is 100 Å². The molecule has 0 unspecified atom stereocenters. The number of hydrogen-bond acceptors (Lipinski definition) is 6. The van der Waals surface area contributed by atoms with Gasteiger partial charge in [0, 0.05) is 11.6 Å². The van der Waals surface area contributed by atoms with Crippen LogP contribution in [-0.4, -0.2) is 28.5 Å². The Morgan fingerprint density at radius 3 is 2.39 bits per heavy atom. The molecule has 0 radical (unpaired) electrons. The fraction of sp³-hybridized carbons (Fsp3) is 0.0952. The van der Waals surface area contributed by atoms with Crippen LogP contribution < -0.4 is 19.3 Å². The predicted molar refractivity (Wildman–Crippen MR) is 109 cm³/mol. The number of rotatable bonds is 7. The fourth-order valence-electron chi connectivity index (χ4n) is 2.65. The second-order valence-electron chi connectivity index (χ2n) is 6.18. The van der Waals surface area contributed by atoms with Gasteiger partial charge in [0.2, 0.25) is 0 Å². The quantitative estimate of drug-likeness (QED) is 0.443. The normalized spacial score (nSPS) is 11.8. The molecular formula is C21H17F2N2O5S-. The number of nitrogens with zero attached hydrogens (tertiary/aromatic N) is 1. The first-order valence-electron chi connectivity index (χ1n) is 8.80. The number of ether oxygens (including phenoxy) is 2. The minimum atomic E-state index is -4.30. The highest BCUT2D eigenvalue weighted by molar-refractivity contribution is 7.92. The van der Waals surface area contributed by atoms with Crippen LogP contribution in [0.15, 0.2) is 70.6 Å². The molecule has 0 heterocycles. The largest absolute Gasteiger partial charge is 0.858 e. The van der Waals surface area contributed by atoms with Gasteiger partial charge >= 0.3 is 0 Å². The number of aliphatic imine (C=N–C) groups is 1. The van der Waals surface area contributed by atoms with Crippen molar-refractivity contribution in [2.24, 2.45) is 4.99 Å². The molecular weight excluding hydrogens is 430 g/mol. The van der Waals surface area contributed by atoms with Crippen molar-refractivity contribution in [3.8, 4) is 11.5 Å². The Bertz CT molecular complexity index is 1250. The van der Waals surface area contributed by atoms with E-state index in [2.05, 4.69) is 9.71 Å². The third-order valence-corrected chi connectivity index (χ3v) is 5.58. The molecule has 0 atom stereocenters. The van der Waals surface area contributed by atoms with Crippen molar-refractivity contribution in [1.29, 1.82) is 0 Å². The Labute approximate surface area is 177 Å². The summed E-state index contributed by atoms with van der Waals surface area (Å²) in [5, 5.41) is 12.8. The van der Waals surface area contributed by atoms with Crippen molar-refractivity contribution in [3.63, 3.8) is 0 Å². The summed E-state index contributed by atoms with van der Waals surface area (Å²) in [5.74, 6) is -2.45. The van der Waals surface area contributed by atoms with Gasteiger partial charge in [-0.2, -0.15) is 0 Å². The number of sulfonamides is 1. The van der Waals surface area contributed by atoms with Gasteiger partial charge in [0.1, 0.15) is 17.2 Å². The Morgan fingerprint density at radius 1 is 0.968 bits per heavy atom. The summed E-state index contributed by atoms with van der Waals surface area (Å²) in [6, 6.07) is 12.6. The van der Waals surface area contributed by atoms with Gasteiger partial charge in [-0.15, -0.1) is 0 Å². The average Bonchev–Trinajstić information content (AvgIpc) is 2.75. The van der Waals surface area contributed by atoms with Crippen molar-refractivity contribution in [3.05, 3.63) is 77.9 Å². The summed E-state index contributed by atoms with van der Waals surface area (Å²) >= 11 is 0. The van der Waals surface area contributed by atoms with E-state index in [0.717, 1.165) is 6.07 Å². The standard InChI is InChI=1S/C21H18F2N2O5S/c1-29-13-7-10-19(20(11-13)30-2)24-21(26)15-5-3-4-6-18(15)25-31(27,28)14-8-9-16(22)17(23)12-14/h3-12,25H,1-2H3,(H,24,26)/p-1. The minimum absolute atomic E-state index is 0.0495. The molecule has 3 aromatic carbocycles. The molecule has 3 rings (SSSR count). The Hall–Kier alpha value is -3.66. The van der Waals surface area contributed by atoms with Crippen molar-refractivity contribution >= 4 is 27.3 Å². The average molecular weight is 447 g/mol. The lowest BCUT2D eigenvalue weighted by Gasteiger charge is -2.18. The molecule has 1 N–H and O–H groups in total. The van der Waals surface area contributed by atoms with Crippen molar-refractivity contribution in [2.75, 3.05) is 18.9 Å². The molecule has 0 aliphatic heterocycles. The maximum atomic E-state index is 13.5. The lowest BCUT2D eigenvalue weighted by atomic mass is 10.2. The monoisotopic (exact) mass is 447 g/mol. The molecule has 0 saturated heterocycles. The smallest absolute Gasteiger partial charge is 0.262 e. The highest BCUT2D eigenvalue weighted by Gasteiger charge is 2.18. The zero-order chi connectivity index (χ0) is 22.6. The van der Waals surface area contributed by atoms with E-state index in [0.29, 0.717) is 17.9 Å². The van der Waals surface area contributed by atoms with Crippen LogP contribution in [0.5, 0.6) is 11.5 Å². The van der Waals surface area contributed by atoms with Crippen molar-refractivity contribution < 1.29 is 31.8 Å². The zero-order valence-electron chi connectivity index (χ0n) is 16.4. The molecule has 0 spiro atoms. The van der Waals surface area contributed by atoms with Crippen LogP contribution >= 0.6 is 0 Å². The van der Waals surface area contributed by atoms with E-state index < -0.39 is 32.5 Å².